The average Bonchev–Trinajstić information content (AvgIpc) is 2.91. The highest BCUT2D eigenvalue weighted by molar-refractivity contribution is 5.92. The molecule has 2 aliphatic heterocycles. The molecule has 1 fully saturated rings. The van der Waals surface area contributed by atoms with Crippen molar-refractivity contribution in [1.29, 1.82) is 0 Å². The van der Waals surface area contributed by atoms with Crippen molar-refractivity contribution in [3.05, 3.63) is 54.1 Å². The number of rotatable bonds is 6. The second-order valence-corrected chi connectivity index (χ2v) is 10.1. The SMILES string of the molecule is CCN1CCOc2ccccc2CCCCC2(CCN(CC(=O)Nc3ccc(OC(F)F)cc3)CC2)C1=O. The zero-order valence-corrected chi connectivity index (χ0v) is 22.0. The van der Waals surface area contributed by atoms with Crippen LogP contribution in [0.2, 0.25) is 0 Å². The number of halogens is 2. The third-order valence-electron chi connectivity index (χ3n) is 7.61. The Hall–Kier alpha value is -3.20. The van der Waals surface area contributed by atoms with Gasteiger partial charge in [0.1, 0.15) is 18.1 Å². The molecular weight excluding hydrogens is 492 g/mol. The molecule has 38 heavy (non-hydrogen) atoms. The van der Waals surface area contributed by atoms with Crippen LogP contribution in [0.1, 0.15) is 44.6 Å². The van der Waals surface area contributed by atoms with Crippen LogP contribution >= 0.6 is 0 Å². The van der Waals surface area contributed by atoms with Crippen molar-refractivity contribution in [1.82, 2.24) is 9.80 Å². The number of fused-ring (bicyclic) bond motifs is 1. The number of para-hydroxylation sites is 1. The Balaban J connectivity index is 1.34. The van der Waals surface area contributed by atoms with Gasteiger partial charge in [-0.1, -0.05) is 24.6 Å². The minimum atomic E-state index is -2.89. The van der Waals surface area contributed by atoms with E-state index in [9.17, 15) is 18.4 Å². The number of carbonyl (C=O) groups excluding carboxylic acids is 2. The highest BCUT2D eigenvalue weighted by Gasteiger charge is 2.43. The summed E-state index contributed by atoms with van der Waals surface area (Å²) in [4.78, 5) is 30.4. The lowest BCUT2D eigenvalue weighted by Crippen LogP contribution is -2.52. The number of hydrogen-bond acceptors (Lipinski definition) is 5. The van der Waals surface area contributed by atoms with Crippen LogP contribution in [0, 0.1) is 5.41 Å². The van der Waals surface area contributed by atoms with Crippen molar-refractivity contribution >= 4 is 17.5 Å². The molecule has 4 rings (SSSR count). The van der Waals surface area contributed by atoms with Crippen molar-refractivity contribution in [3.63, 3.8) is 0 Å². The van der Waals surface area contributed by atoms with Gasteiger partial charge in [-0.2, -0.15) is 8.78 Å². The molecule has 2 aromatic carbocycles. The van der Waals surface area contributed by atoms with E-state index in [1.54, 1.807) is 0 Å². The van der Waals surface area contributed by atoms with Crippen LogP contribution in [0.25, 0.3) is 0 Å². The second kappa shape index (κ2) is 13.0. The highest BCUT2D eigenvalue weighted by atomic mass is 19.3. The van der Waals surface area contributed by atoms with E-state index >= 15 is 0 Å². The fourth-order valence-electron chi connectivity index (χ4n) is 5.47. The molecule has 206 valence electrons. The standard InChI is InChI=1S/C29H37F2N3O4/c1-2-34-19-20-37-25-9-4-3-7-22(25)8-5-6-14-29(27(34)36)15-17-33(18-16-29)21-26(35)32-23-10-12-24(13-11-23)38-28(30)31/h3-4,7,9-13,28H,2,5-6,8,14-21H2,1H3,(H,32,35). The van der Waals surface area contributed by atoms with E-state index in [-0.39, 0.29) is 24.1 Å². The molecule has 0 unspecified atom stereocenters. The summed E-state index contributed by atoms with van der Waals surface area (Å²) in [6.07, 6.45) is 5.16. The third-order valence-corrected chi connectivity index (χ3v) is 7.61. The van der Waals surface area contributed by atoms with Crippen LogP contribution < -0.4 is 14.8 Å². The lowest BCUT2D eigenvalue weighted by molar-refractivity contribution is -0.146. The molecule has 2 heterocycles. The molecule has 2 aliphatic rings. The summed E-state index contributed by atoms with van der Waals surface area (Å²) in [6.45, 7) is 2.32. The summed E-state index contributed by atoms with van der Waals surface area (Å²) < 4.78 is 35.1. The first-order valence-corrected chi connectivity index (χ1v) is 13.5. The number of anilines is 1. The number of ether oxygens (including phenoxy) is 2. The number of piperidine rings is 1. The summed E-state index contributed by atoms with van der Waals surface area (Å²) in [6, 6.07) is 14.0. The van der Waals surface area contributed by atoms with Crippen LogP contribution in [0.4, 0.5) is 14.5 Å². The van der Waals surface area contributed by atoms with Gasteiger partial charge < -0.3 is 19.7 Å². The number of hydrogen-bond donors (Lipinski definition) is 1. The molecule has 0 atom stereocenters. The highest BCUT2D eigenvalue weighted by Crippen LogP contribution is 2.39. The van der Waals surface area contributed by atoms with Gasteiger partial charge >= 0.3 is 6.61 Å². The fraction of sp³-hybridized carbons (Fsp3) is 0.517. The lowest BCUT2D eigenvalue weighted by Gasteiger charge is -2.43. The van der Waals surface area contributed by atoms with Crippen molar-refractivity contribution in [2.45, 2.75) is 52.1 Å². The van der Waals surface area contributed by atoms with Crippen molar-refractivity contribution in [3.8, 4) is 11.5 Å². The van der Waals surface area contributed by atoms with E-state index in [4.69, 9.17) is 4.74 Å². The Labute approximate surface area is 223 Å². The van der Waals surface area contributed by atoms with Crippen LogP contribution in [0.5, 0.6) is 11.5 Å². The molecule has 0 aromatic heterocycles. The van der Waals surface area contributed by atoms with E-state index in [0.29, 0.717) is 51.3 Å². The van der Waals surface area contributed by atoms with Gasteiger partial charge in [-0.15, -0.1) is 0 Å². The van der Waals surface area contributed by atoms with Crippen LogP contribution in [0.15, 0.2) is 48.5 Å². The Morgan fingerprint density at radius 3 is 2.50 bits per heavy atom. The maximum atomic E-state index is 13.8. The van der Waals surface area contributed by atoms with Crippen LogP contribution in [-0.2, 0) is 16.0 Å². The number of aryl methyl sites for hydroxylation is 1. The smallest absolute Gasteiger partial charge is 0.387 e. The van der Waals surface area contributed by atoms with Gasteiger partial charge in [0.2, 0.25) is 11.8 Å². The number of amides is 2. The fourth-order valence-corrected chi connectivity index (χ4v) is 5.47. The largest absolute Gasteiger partial charge is 0.491 e. The van der Waals surface area contributed by atoms with Crippen LogP contribution in [0.3, 0.4) is 0 Å². The van der Waals surface area contributed by atoms with Gasteiger partial charge in [-0.3, -0.25) is 14.5 Å². The van der Waals surface area contributed by atoms with Crippen molar-refractivity contribution in [2.24, 2.45) is 5.41 Å². The number of benzene rings is 2. The molecule has 1 saturated heterocycles. The number of nitrogens with zero attached hydrogens (tertiary/aromatic N) is 2. The summed E-state index contributed by atoms with van der Waals surface area (Å²) in [5, 5.41) is 2.81. The molecule has 0 bridgehead atoms. The van der Waals surface area contributed by atoms with E-state index in [0.717, 1.165) is 31.4 Å². The second-order valence-electron chi connectivity index (χ2n) is 10.1. The predicted molar refractivity (Wildman–Crippen MR) is 142 cm³/mol. The quantitative estimate of drug-likeness (QED) is 0.573. The Morgan fingerprint density at radius 1 is 1.05 bits per heavy atom. The van der Waals surface area contributed by atoms with Crippen molar-refractivity contribution < 1.29 is 27.8 Å². The molecular formula is C29H37F2N3O4. The number of likely N-dealkylation sites (tertiary alicyclic amines) is 1. The van der Waals surface area contributed by atoms with Gasteiger partial charge in [0, 0.05) is 12.2 Å². The van der Waals surface area contributed by atoms with Gasteiger partial charge in [-0.05, 0) is 88.0 Å². The van der Waals surface area contributed by atoms with Crippen molar-refractivity contribution in [2.75, 3.05) is 44.6 Å². The molecule has 2 aromatic rings. The Morgan fingerprint density at radius 2 is 1.79 bits per heavy atom. The van der Waals surface area contributed by atoms with E-state index < -0.39 is 12.0 Å². The molecule has 9 heteroatoms. The van der Waals surface area contributed by atoms with E-state index in [1.165, 1.54) is 29.8 Å². The first kappa shape index (κ1) is 27.8. The molecule has 0 aliphatic carbocycles. The topological polar surface area (TPSA) is 71.1 Å². The zero-order valence-electron chi connectivity index (χ0n) is 22.0. The van der Waals surface area contributed by atoms with Gasteiger partial charge in [0.15, 0.2) is 0 Å². The molecule has 2 amide bonds. The van der Waals surface area contributed by atoms with E-state index in [2.05, 4.69) is 21.0 Å². The Kier molecular flexibility index (Phi) is 9.55. The first-order valence-electron chi connectivity index (χ1n) is 13.5. The molecule has 0 saturated carbocycles. The Bertz CT molecular complexity index is 1070. The normalized spacial score (nSPS) is 18.7. The maximum absolute atomic E-state index is 13.8. The number of likely N-dealkylation sites (N-methyl/N-ethyl adjacent to an activating group) is 1. The lowest BCUT2D eigenvalue weighted by atomic mass is 9.73. The molecule has 1 N–H and O–H groups in total. The van der Waals surface area contributed by atoms with Gasteiger partial charge in [0.25, 0.3) is 0 Å². The summed E-state index contributed by atoms with van der Waals surface area (Å²) in [7, 11) is 0. The predicted octanol–water partition coefficient (Wildman–Crippen LogP) is 4.96. The summed E-state index contributed by atoms with van der Waals surface area (Å²) in [5.41, 5.74) is 1.32. The molecule has 0 radical (unpaired) electrons. The molecule has 1 spiro atoms. The minimum absolute atomic E-state index is 0.0397. The summed E-state index contributed by atoms with van der Waals surface area (Å²) >= 11 is 0. The molecule has 7 nitrogen and oxygen atoms in total. The average molecular weight is 530 g/mol. The van der Waals surface area contributed by atoms with Gasteiger partial charge in [0.05, 0.1) is 18.5 Å². The number of carbonyl (C=O) groups is 2. The third kappa shape index (κ3) is 7.22. The van der Waals surface area contributed by atoms with E-state index in [1.807, 2.05) is 30.0 Å². The minimum Gasteiger partial charge on any atom is -0.491 e. The van der Waals surface area contributed by atoms with Crippen LogP contribution in [-0.4, -0.2) is 67.6 Å². The van der Waals surface area contributed by atoms with Gasteiger partial charge in [-0.25, -0.2) is 0 Å². The summed E-state index contributed by atoms with van der Waals surface area (Å²) in [5.74, 6) is 0.973. The maximum Gasteiger partial charge on any atom is 0.387 e. The zero-order chi connectivity index (χ0) is 27.0. The monoisotopic (exact) mass is 529 g/mol. The number of alkyl halides is 2. The first-order chi connectivity index (χ1) is 18.4. The number of nitrogens with one attached hydrogen (secondary N) is 1.